The lowest BCUT2D eigenvalue weighted by molar-refractivity contribution is 0.130. The molecule has 180 valence electrons. The van der Waals surface area contributed by atoms with Crippen LogP contribution in [0.1, 0.15) is 68.7 Å². The van der Waals surface area contributed by atoms with Gasteiger partial charge in [-0.25, -0.2) is 4.99 Å². The van der Waals surface area contributed by atoms with Gasteiger partial charge in [0.05, 0.1) is 12.6 Å². The van der Waals surface area contributed by atoms with E-state index in [9.17, 15) is 0 Å². The van der Waals surface area contributed by atoms with Crippen molar-refractivity contribution < 1.29 is 4.74 Å². The number of aliphatic imine (C=N–C) groups is 2. The molecule has 1 fully saturated rings. The summed E-state index contributed by atoms with van der Waals surface area (Å²) < 4.78 is 5.26. The third kappa shape index (κ3) is 4.82. The Morgan fingerprint density at radius 3 is 2.82 bits per heavy atom. The average Bonchev–Trinajstić information content (AvgIpc) is 3.26. The van der Waals surface area contributed by atoms with Crippen molar-refractivity contribution in [3.05, 3.63) is 52.7 Å². The number of aromatic amines is 1. The predicted octanol–water partition coefficient (Wildman–Crippen LogP) is 5.92. The molecule has 2 aromatic rings. The Labute approximate surface area is 203 Å². The molecule has 1 aromatic heterocycles. The van der Waals surface area contributed by atoms with Crippen LogP contribution in [0.25, 0.3) is 16.5 Å². The standard InChI is InChI=1S/C29H38N4O/c1-4-25-26-17-22(21-10-12-33(13-11-21)14-15-34-3)8-9-27(26)32-29(25)23-6-5-7-24-18-28(20(2)16-23)31-19-30-24/h6,8-9,16-17,19,21,24,32H,4-5,7,10-15,18H2,1-3H3/b20-16-,23-6+. The van der Waals surface area contributed by atoms with Crippen molar-refractivity contribution in [3.63, 3.8) is 0 Å². The second-order valence-electron chi connectivity index (χ2n) is 10.0. The normalized spacial score (nSPS) is 25.1. The molecule has 5 rings (SSSR count). The van der Waals surface area contributed by atoms with Gasteiger partial charge >= 0.3 is 0 Å². The smallest absolute Gasteiger partial charge is 0.110 e. The molecule has 1 atom stereocenters. The van der Waals surface area contributed by atoms with Crippen molar-refractivity contribution in [1.82, 2.24) is 9.88 Å². The first-order valence-electron chi connectivity index (χ1n) is 13.0. The van der Waals surface area contributed by atoms with Gasteiger partial charge in [-0.05, 0) is 98.5 Å². The van der Waals surface area contributed by atoms with Crippen LogP contribution in [0.3, 0.4) is 0 Å². The van der Waals surface area contributed by atoms with Gasteiger partial charge in [0.1, 0.15) is 6.34 Å². The lowest BCUT2D eigenvalue weighted by atomic mass is 9.88. The molecular weight excluding hydrogens is 420 g/mol. The highest BCUT2D eigenvalue weighted by Gasteiger charge is 2.23. The maximum atomic E-state index is 5.26. The topological polar surface area (TPSA) is 53.0 Å². The van der Waals surface area contributed by atoms with Crippen LogP contribution < -0.4 is 0 Å². The van der Waals surface area contributed by atoms with E-state index >= 15 is 0 Å². The summed E-state index contributed by atoms with van der Waals surface area (Å²) in [6.07, 6.45) is 13.1. The number of ether oxygens (including phenoxy) is 1. The molecule has 5 nitrogen and oxygen atoms in total. The van der Waals surface area contributed by atoms with Crippen LogP contribution in [-0.4, -0.2) is 61.3 Å². The monoisotopic (exact) mass is 458 g/mol. The lowest BCUT2D eigenvalue weighted by Crippen LogP contribution is -2.35. The minimum atomic E-state index is 0.364. The van der Waals surface area contributed by atoms with E-state index in [4.69, 9.17) is 4.74 Å². The maximum absolute atomic E-state index is 5.26. The number of methoxy groups -OCH3 is 1. The maximum Gasteiger partial charge on any atom is 0.110 e. The average molecular weight is 459 g/mol. The number of aromatic nitrogens is 1. The van der Waals surface area contributed by atoms with Crippen LogP contribution in [0, 0.1) is 0 Å². The van der Waals surface area contributed by atoms with E-state index in [1.165, 1.54) is 57.4 Å². The molecule has 34 heavy (non-hydrogen) atoms. The fourth-order valence-electron chi connectivity index (χ4n) is 5.79. The van der Waals surface area contributed by atoms with Gasteiger partial charge in [0, 0.05) is 42.4 Å². The van der Waals surface area contributed by atoms with Gasteiger partial charge in [-0.3, -0.25) is 4.99 Å². The fourth-order valence-corrected chi connectivity index (χ4v) is 5.79. The molecule has 0 amide bonds. The molecule has 3 heterocycles. The summed E-state index contributed by atoms with van der Waals surface area (Å²) in [5, 5.41) is 1.39. The molecule has 5 heteroatoms. The predicted molar refractivity (Wildman–Crippen MR) is 143 cm³/mol. The molecule has 1 N–H and O–H groups in total. The molecule has 1 aliphatic carbocycles. The van der Waals surface area contributed by atoms with E-state index in [2.05, 4.69) is 64.1 Å². The summed E-state index contributed by atoms with van der Waals surface area (Å²) in [5.41, 5.74) is 9.20. The van der Waals surface area contributed by atoms with Crippen LogP contribution in [0.2, 0.25) is 0 Å². The minimum Gasteiger partial charge on any atom is -0.383 e. The van der Waals surface area contributed by atoms with Crippen LogP contribution >= 0.6 is 0 Å². The van der Waals surface area contributed by atoms with Crippen molar-refractivity contribution in [2.45, 2.75) is 64.3 Å². The number of piperidine rings is 1. The van der Waals surface area contributed by atoms with Gasteiger partial charge in [0.15, 0.2) is 0 Å². The van der Waals surface area contributed by atoms with E-state index in [1.807, 2.05) is 0 Å². The molecule has 0 saturated carbocycles. The second-order valence-corrected chi connectivity index (χ2v) is 10.0. The molecule has 0 spiro atoms. The van der Waals surface area contributed by atoms with Crippen molar-refractivity contribution in [3.8, 4) is 0 Å². The Balaban J connectivity index is 1.44. The van der Waals surface area contributed by atoms with Crippen LogP contribution in [-0.2, 0) is 11.2 Å². The Morgan fingerprint density at radius 2 is 2.03 bits per heavy atom. The Morgan fingerprint density at radius 1 is 1.18 bits per heavy atom. The third-order valence-electron chi connectivity index (χ3n) is 7.85. The van der Waals surface area contributed by atoms with E-state index in [0.717, 1.165) is 51.9 Å². The van der Waals surface area contributed by atoms with Gasteiger partial charge in [-0.2, -0.15) is 0 Å². The summed E-state index contributed by atoms with van der Waals surface area (Å²) in [4.78, 5) is 15.5. The van der Waals surface area contributed by atoms with Crippen molar-refractivity contribution in [2.24, 2.45) is 9.98 Å². The zero-order valence-electron chi connectivity index (χ0n) is 20.9. The molecule has 2 bridgehead atoms. The van der Waals surface area contributed by atoms with Crippen LogP contribution in [0.15, 0.2) is 45.9 Å². The number of allylic oxidation sites excluding steroid dienone is 4. The number of nitrogens with zero attached hydrogens (tertiary/aromatic N) is 3. The summed E-state index contributed by atoms with van der Waals surface area (Å²) in [7, 11) is 1.79. The molecule has 2 aliphatic heterocycles. The van der Waals surface area contributed by atoms with E-state index in [0.29, 0.717) is 12.0 Å². The highest BCUT2D eigenvalue weighted by Crippen LogP contribution is 2.35. The second kappa shape index (κ2) is 10.4. The summed E-state index contributed by atoms with van der Waals surface area (Å²) in [5.74, 6) is 0.648. The first-order valence-corrected chi connectivity index (χ1v) is 13.0. The zero-order chi connectivity index (χ0) is 23.5. The number of fused-ring (bicyclic) bond motifs is 3. The van der Waals surface area contributed by atoms with E-state index in [1.54, 1.807) is 13.4 Å². The quantitative estimate of drug-likeness (QED) is 0.584. The SMILES string of the molecule is CCc1c(C2=C/CCC3CC(=NC=N3)/C(C)=C\2)[nH]c2ccc(C3CCN(CCOC)CC3)cc12. The van der Waals surface area contributed by atoms with Crippen LogP contribution in [0.4, 0.5) is 0 Å². The number of hydrogen-bond acceptors (Lipinski definition) is 4. The molecule has 1 aromatic carbocycles. The minimum absolute atomic E-state index is 0.364. The largest absolute Gasteiger partial charge is 0.383 e. The van der Waals surface area contributed by atoms with E-state index in [-0.39, 0.29) is 0 Å². The fraction of sp³-hybridized carbons (Fsp3) is 0.517. The number of hydrogen-bond donors (Lipinski definition) is 1. The molecule has 3 aliphatic rings. The number of aryl methyl sites for hydroxylation is 1. The highest BCUT2D eigenvalue weighted by molar-refractivity contribution is 6.06. The Kier molecular flexibility index (Phi) is 7.12. The van der Waals surface area contributed by atoms with Gasteiger partial charge in [-0.1, -0.05) is 19.1 Å². The molecule has 0 radical (unpaired) electrons. The summed E-state index contributed by atoms with van der Waals surface area (Å²) >= 11 is 0. The zero-order valence-corrected chi connectivity index (χ0v) is 20.9. The van der Waals surface area contributed by atoms with Gasteiger partial charge in [0.2, 0.25) is 0 Å². The number of benzene rings is 1. The molecule has 1 saturated heterocycles. The highest BCUT2D eigenvalue weighted by atomic mass is 16.5. The van der Waals surface area contributed by atoms with Gasteiger partial charge in [0.25, 0.3) is 0 Å². The first kappa shape index (κ1) is 23.3. The van der Waals surface area contributed by atoms with Crippen molar-refractivity contribution in [1.29, 1.82) is 0 Å². The van der Waals surface area contributed by atoms with Crippen molar-refractivity contribution >= 4 is 28.5 Å². The number of likely N-dealkylation sites (tertiary alicyclic amines) is 1. The summed E-state index contributed by atoms with van der Waals surface area (Å²) in [6.45, 7) is 8.68. The Hall–Kier alpha value is -2.50. The first-order chi connectivity index (χ1) is 16.7. The third-order valence-corrected chi connectivity index (χ3v) is 7.85. The van der Waals surface area contributed by atoms with Gasteiger partial charge < -0.3 is 14.6 Å². The number of rotatable bonds is 6. The molecule has 1 unspecified atom stereocenters. The number of nitrogens with one attached hydrogen (secondary N) is 1. The summed E-state index contributed by atoms with van der Waals surface area (Å²) in [6, 6.07) is 7.50. The Bertz CT molecular complexity index is 1140. The van der Waals surface area contributed by atoms with Gasteiger partial charge in [-0.15, -0.1) is 0 Å². The number of H-pyrrole nitrogens is 1. The van der Waals surface area contributed by atoms with Crippen molar-refractivity contribution in [2.75, 3.05) is 33.4 Å². The molecular formula is C29H38N4O. The van der Waals surface area contributed by atoms with E-state index < -0.39 is 0 Å². The van der Waals surface area contributed by atoms with Crippen LogP contribution in [0.5, 0.6) is 0 Å². The lowest BCUT2D eigenvalue weighted by Gasteiger charge is -2.32.